The quantitative estimate of drug-likeness (QED) is 0.307. The normalized spacial score (nSPS) is 10.5. The maximum absolute atomic E-state index is 11.6. The number of nitrogens with zero attached hydrogens (tertiary/aromatic N) is 1. The Hall–Kier alpha value is -4.39. The smallest absolute Gasteiger partial charge is 0.335 e. The summed E-state index contributed by atoms with van der Waals surface area (Å²) in [6, 6.07) is 21.6. The second kappa shape index (κ2) is 12.5. The Kier molecular flexibility index (Phi) is 9.21. The van der Waals surface area contributed by atoms with Gasteiger partial charge in [0.25, 0.3) is 0 Å². The second-order valence-electron chi connectivity index (χ2n) is 8.66. The summed E-state index contributed by atoms with van der Waals surface area (Å²) >= 11 is 0. The Morgan fingerprint density at radius 3 is 2.05 bits per heavy atom. The zero-order valence-corrected chi connectivity index (χ0v) is 21.2. The van der Waals surface area contributed by atoms with Gasteiger partial charge in [-0.3, -0.25) is 4.79 Å². The molecule has 2 N–H and O–H groups in total. The Balaban J connectivity index is 0.000000222. The van der Waals surface area contributed by atoms with E-state index >= 15 is 0 Å². The summed E-state index contributed by atoms with van der Waals surface area (Å²) in [7, 11) is 1.43. The lowest BCUT2D eigenvalue weighted by atomic mass is 9.96. The van der Waals surface area contributed by atoms with Crippen LogP contribution < -0.4 is 0 Å². The van der Waals surface area contributed by atoms with Crippen molar-refractivity contribution in [2.24, 2.45) is 0 Å². The standard InChI is InChI=1S/C19H19NO2.C11H12O4/c1-22-19(21)13-16-14-20(18-10-6-5-9-17(16)18)12-11-15-7-3-2-4-8-15;1-3-7-8(10(12)13)4-6(2)5-9(7)11(14)15/h2-10,14H,11-13H2,1H3;4-5H,3H2,1-2H3,(H,12,13)(H,14,15). The van der Waals surface area contributed by atoms with Gasteiger partial charge in [-0.2, -0.15) is 0 Å². The molecule has 0 amide bonds. The monoisotopic (exact) mass is 501 g/mol. The van der Waals surface area contributed by atoms with Crippen LogP contribution in [-0.2, 0) is 35.3 Å². The molecule has 0 fully saturated rings. The fraction of sp³-hybridized carbons (Fsp3) is 0.233. The van der Waals surface area contributed by atoms with E-state index in [1.165, 1.54) is 24.8 Å². The minimum atomic E-state index is -1.09. The van der Waals surface area contributed by atoms with Crippen LogP contribution in [0.2, 0.25) is 0 Å². The molecule has 0 spiro atoms. The zero-order valence-electron chi connectivity index (χ0n) is 21.2. The number of carboxylic acid groups (broad SMARTS) is 2. The lowest BCUT2D eigenvalue weighted by Crippen LogP contribution is -2.10. The molecule has 0 radical (unpaired) electrons. The van der Waals surface area contributed by atoms with Crippen LogP contribution in [0.4, 0.5) is 0 Å². The number of carboxylic acids is 2. The maximum atomic E-state index is 11.6. The van der Waals surface area contributed by atoms with Crippen LogP contribution in [0.25, 0.3) is 10.9 Å². The molecule has 0 aliphatic carbocycles. The molecule has 4 rings (SSSR count). The first-order valence-corrected chi connectivity index (χ1v) is 12.0. The van der Waals surface area contributed by atoms with Crippen LogP contribution in [0.5, 0.6) is 0 Å². The fourth-order valence-corrected chi connectivity index (χ4v) is 4.35. The van der Waals surface area contributed by atoms with Crippen molar-refractivity contribution in [2.45, 2.75) is 39.7 Å². The number of aromatic nitrogens is 1. The predicted octanol–water partition coefficient (Wildman–Crippen LogP) is 5.55. The molecule has 0 aliphatic heterocycles. The number of methoxy groups -OCH3 is 1. The van der Waals surface area contributed by atoms with E-state index in [1.807, 2.05) is 18.2 Å². The van der Waals surface area contributed by atoms with Crippen molar-refractivity contribution in [1.82, 2.24) is 4.57 Å². The Labute approximate surface area is 215 Å². The molecule has 192 valence electrons. The van der Waals surface area contributed by atoms with Crippen LogP contribution in [0, 0.1) is 6.92 Å². The molecule has 0 atom stereocenters. The highest BCUT2D eigenvalue weighted by molar-refractivity contribution is 5.97. The minimum Gasteiger partial charge on any atom is -0.478 e. The third-order valence-electron chi connectivity index (χ3n) is 6.13. The Morgan fingerprint density at radius 1 is 0.892 bits per heavy atom. The second-order valence-corrected chi connectivity index (χ2v) is 8.66. The zero-order chi connectivity index (χ0) is 26.9. The highest BCUT2D eigenvalue weighted by Crippen LogP contribution is 2.23. The molecule has 0 unspecified atom stereocenters. The number of rotatable bonds is 8. The predicted molar refractivity (Wildman–Crippen MR) is 142 cm³/mol. The summed E-state index contributed by atoms with van der Waals surface area (Å²) < 4.78 is 7.02. The molecule has 0 saturated heterocycles. The third kappa shape index (κ3) is 6.85. The first-order valence-electron chi connectivity index (χ1n) is 12.0. The molecule has 0 saturated carbocycles. The minimum absolute atomic E-state index is 0.0786. The van der Waals surface area contributed by atoms with Gasteiger partial charge in [0, 0.05) is 23.6 Å². The van der Waals surface area contributed by atoms with Crippen LogP contribution in [0.15, 0.2) is 72.9 Å². The average Bonchev–Trinajstić information content (AvgIpc) is 3.25. The molecule has 7 heteroatoms. The molecule has 0 aliphatic rings. The van der Waals surface area contributed by atoms with E-state index in [1.54, 1.807) is 13.8 Å². The summed E-state index contributed by atoms with van der Waals surface area (Å²) in [4.78, 5) is 33.4. The maximum Gasteiger partial charge on any atom is 0.335 e. The van der Waals surface area contributed by atoms with Crippen molar-refractivity contribution < 1.29 is 29.3 Å². The van der Waals surface area contributed by atoms with Gasteiger partial charge in [-0.05, 0) is 60.2 Å². The van der Waals surface area contributed by atoms with E-state index in [4.69, 9.17) is 14.9 Å². The number of benzene rings is 3. The number of esters is 1. The van der Waals surface area contributed by atoms with Crippen molar-refractivity contribution in [1.29, 1.82) is 0 Å². The SMILES string of the molecule is CCc1c(C(=O)O)cc(C)cc1C(=O)O.COC(=O)Cc1cn(CCc2ccccc2)c2ccccc12. The topological polar surface area (TPSA) is 106 Å². The number of hydrogen-bond donors (Lipinski definition) is 2. The number of carbonyl (C=O) groups excluding carboxylic acids is 1. The van der Waals surface area contributed by atoms with Gasteiger partial charge in [0.2, 0.25) is 0 Å². The van der Waals surface area contributed by atoms with Gasteiger partial charge in [0.05, 0.1) is 24.7 Å². The summed E-state index contributed by atoms with van der Waals surface area (Å²) in [5.74, 6) is -2.37. The number of fused-ring (bicyclic) bond motifs is 1. The average molecular weight is 502 g/mol. The summed E-state index contributed by atoms with van der Waals surface area (Å²) in [5, 5.41) is 19.0. The van der Waals surface area contributed by atoms with E-state index in [0.717, 1.165) is 29.4 Å². The number of para-hydroxylation sites is 1. The van der Waals surface area contributed by atoms with Crippen molar-refractivity contribution >= 4 is 28.8 Å². The molecule has 37 heavy (non-hydrogen) atoms. The van der Waals surface area contributed by atoms with E-state index in [9.17, 15) is 14.4 Å². The largest absolute Gasteiger partial charge is 0.478 e. The van der Waals surface area contributed by atoms with Crippen molar-refractivity contribution in [2.75, 3.05) is 7.11 Å². The van der Waals surface area contributed by atoms with Crippen molar-refractivity contribution in [3.63, 3.8) is 0 Å². The van der Waals surface area contributed by atoms with Gasteiger partial charge in [0.15, 0.2) is 0 Å². The number of ether oxygens (including phenoxy) is 1. The summed E-state index contributed by atoms with van der Waals surface area (Å²) in [6.07, 6.45) is 3.75. The molecule has 0 bridgehead atoms. The third-order valence-corrected chi connectivity index (χ3v) is 6.13. The van der Waals surface area contributed by atoms with E-state index in [-0.39, 0.29) is 17.1 Å². The van der Waals surface area contributed by atoms with Crippen molar-refractivity contribution in [3.8, 4) is 0 Å². The lowest BCUT2D eigenvalue weighted by Gasteiger charge is -2.09. The molecular weight excluding hydrogens is 470 g/mol. The van der Waals surface area contributed by atoms with Crippen LogP contribution in [0.1, 0.15) is 49.9 Å². The molecule has 3 aromatic carbocycles. The van der Waals surface area contributed by atoms with Crippen LogP contribution in [-0.4, -0.2) is 39.8 Å². The van der Waals surface area contributed by atoms with Gasteiger partial charge in [-0.25, -0.2) is 9.59 Å². The highest BCUT2D eigenvalue weighted by atomic mass is 16.5. The fourth-order valence-electron chi connectivity index (χ4n) is 4.35. The first-order chi connectivity index (χ1) is 17.7. The molecule has 7 nitrogen and oxygen atoms in total. The van der Waals surface area contributed by atoms with Crippen LogP contribution in [0.3, 0.4) is 0 Å². The van der Waals surface area contributed by atoms with E-state index in [2.05, 4.69) is 47.2 Å². The molecule has 1 heterocycles. The lowest BCUT2D eigenvalue weighted by molar-refractivity contribution is -0.139. The van der Waals surface area contributed by atoms with Crippen molar-refractivity contribution in [3.05, 3.63) is 106 Å². The molecule has 4 aromatic rings. The van der Waals surface area contributed by atoms with Gasteiger partial charge in [-0.15, -0.1) is 0 Å². The van der Waals surface area contributed by atoms with Gasteiger partial charge >= 0.3 is 17.9 Å². The highest BCUT2D eigenvalue weighted by Gasteiger charge is 2.17. The van der Waals surface area contributed by atoms with Crippen LogP contribution >= 0.6 is 0 Å². The first kappa shape index (κ1) is 27.2. The Bertz CT molecular complexity index is 1370. The van der Waals surface area contributed by atoms with Gasteiger partial charge in [-0.1, -0.05) is 55.5 Å². The molecular formula is C30H31NO6. The van der Waals surface area contributed by atoms with Gasteiger partial charge < -0.3 is 19.5 Å². The summed E-state index contributed by atoms with van der Waals surface area (Å²) in [6.45, 7) is 4.31. The van der Waals surface area contributed by atoms with E-state index in [0.29, 0.717) is 24.0 Å². The number of aromatic carboxylic acids is 2. The number of aryl methyl sites for hydroxylation is 3. The molecule has 1 aromatic heterocycles. The summed E-state index contributed by atoms with van der Waals surface area (Å²) in [5.41, 5.74) is 4.68. The van der Waals surface area contributed by atoms with Gasteiger partial charge in [0.1, 0.15) is 0 Å². The Morgan fingerprint density at radius 2 is 1.49 bits per heavy atom. The number of hydrogen-bond acceptors (Lipinski definition) is 4. The van der Waals surface area contributed by atoms with E-state index < -0.39 is 11.9 Å². The number of carbonyl (C=O) groups is 3.